The van der Waals surface area contributed by atoms with Gasteiger partial charge in [-0.1, -0.05) is 35.0 Å². The molecule has 0 atom stereocenters. The Morgan fingerprint density at radius 1 is 1.07 bits per heavy atom. The molecule has 1 amide bonds. The molecule has 0 aliphatic heterocycles. The molecule has 0 aromatic heterocycles. The van der Waals surface area contributed by atoms with Crippen molar-refractivity contribution in [1.29, 1.82) is 5.26 Å². The van der Waals surface area contributed by atoms with E-state index in [9.17, 15) is 10.1 Å². The van der Waals surface area contributed by atoms with E-state index in [0.717, 1.165) is 15.5 Å². The van der Waals surface area contributed by atoms with E-state index in [1.807, 2.05) is 24.3 Å². The normalized spacial score (nSPS) is 10.2. The summed E-state index contributed by atoms with van der Waals surface area (Å²) >= 11 is 13.4. The van der Waals surface area contributed by atoms with Crippen LogP contribution in [0.3, 0.4) is 0 Å². The number of carbonyl (C=O) groups excluding carboxylic acids is 1. The van der Waals surface area contributed by atoms with Crippen LogP contribution in [0.1, 0.15) is 15.9 Å². The summed E-state index contributed by atoms with van der Waals surface area (Å²) in [4.78, 5) is 14.2. The monoisotopic (exact) mass is 428 g/mol. The summed E-state index contributed by atoms with van der Waals surface area (Å²) < 4.78 is 5.15. The second-order valence-corrected chi connectivity index (χ2v) is 7.64. The Balaban J connectivity index is 1.78. The number of ether oxygens (including phenoxy) is 1. The third kappa shape index (κ3) is 4.79. The number of amides is 1. The minimum Gasteiger partial charge on any atom is -0.497 e. The Morgan fingerprint density at radius 2 is 1.82 bits per heavy atom. The van der Waals surface area contributed by atoms with Crippen LogP contribution in [0, 0.1) is 11.3 Å². The average Bonchev–Trinajstić information content (AvgIpc) is 2.69. The first-order chi connectivity index (χ1) is 13.5. The van der Waals surface area contributed by atoms with Gasteiger partial charge in [-0.3, -0.25) is 4.79 Å². The number of hydrogen-bond donors (Lipinski definition) is 1. The summed E-state index contributed by atoms with van der Waals surface area (Å²) in [7, 11) is 1.61. The highest BCUT2D eigenvalue weighted by Crippen LogP contribution is 2.33. The van der Waals surface area contributed by atoms with Crippen LogP contribution in [0.25, 0.3) is 0 Å². The quantitative estimate of drug-likeness (QED) is 0.519. The molecule has 0 fully saturated rings. The Hall–Kier alpha value is -2.65. The van der Waals surface area contributed by atoms with E-state index < -0.39 is 0 Å². The maximum absolute atomic E-state index is 12.4. The molecule has 3 rings (SSSR count). The maximum atomic E-state index is 12.4. The fourth-order valence-electron chi connectivity index (χ4n) is 2.43. The van der Waals surface area contributed by atoms with E-state index >= 15 is 0 Å². The van der Waals surface area contributed by atoms with E-state index in [2.05, 4.69) is 11.4 Å². The fraction of sp³-hybridized carbons (Fsp3) is 0.0476. The molecule has 0 aliphatic carbocycles. The molecule has 0 unspecified atom stereocenters. The summed E-state index contributed by atoms with van der Waals surface area (Å²) in [6.45, 7) is 0. The van der Waals surface area contributed by atoms with Crippen LogP contribution < -0.4 is 10.1 Å². The van der Waals surface area contributed by atoms with E-state index in [0.29, 0.717) is 21.8 Å². The smallest absolute Gasteiger partial charge is 0.257 e. The molecule has 1 N–H and O–H groups in total. The Kier molecular flexibility index (Phi) is 6.48. The number of nitriles is 1. The molecule has 4 nitrogen and oxygen atoms in total. The molecule has 0 saturated carbocycles. The lowest BCUT2D eigenvalue weighted by Gasteiger charge is -2.10. The van der Waals surface area contributed by atoms with Crippen molar-refractivity contribution >= 4 is 46.6 Å². The van der Waals surface area contributed by atoms with Crippen LogP contribution >= 0.6 is 35.0 Å². The van der Waals surface area contributed by atoms with E-state index in [1.165, 1.54) is 17.8 Å². The molecule has 0 saturated heterocycles. The van der Waals surface area contributed by atoms with Crippen molar-refractivity contribution in [3.63, 3.8) is 0 Å². The molecule has 0 heterocycles. The van der Waals surface area contributed by atoms with Crippen molar-refractivity contribution in [1.82, 2.24) is 0 Å². The number of rotatable bonds is 5. The Bertz CT molecular complexity index is 1060. The van der Waals surface area contributed by atoms with E-state index in [4.69, 9.17) is 27.9 Å². The largest absolute Gasteiger partial charge is 0.497 e. The predicted molar refractivity (Wildman–Crippen MR) is 113 cm³/mol. The Morgan fingerprint density at radius 3 is 2.46 bits per heavy atom. The van der Waals surface area contributed by atoms with Crippen molar-refractivity contribution in [3.8, 4) is 11.8 Å². The van der Waals surface area contributed by atoms with Gasteiger partial charge in [-0.15, -0.1) is 0 Å². The SMILES string of the molecule is COc1ccc(Sc2ccc(NC(=O)c3ccc(Cl)cc3Cl)cc2C#N)cc1. The van der Waals surface area contributed by atoms with Crippen LogP contribution in [0.15, 0.2) is 70.5 Å². The fourth-order valence-corrected chi connectivity index (χ4v) is 3.80. The first-order valence-corrected chi connectivity index (χ1v) is 9.70. The van der Waals surface area contributed by atoms with Crippen molar-refractivity contribution in [2.75, 3.05) is 12.4 Å². The van der Waals surface area contributed by atoms with Gasteiger partial charge in [-0.05, 0) is 60.7 Å². The van der Waals surface area contributed by atoms with Crippen molar-refractivity contribution in [3.05, 3.63) is 81.8 Å². The average molecular weight is 429 g/mol. The summed E-state index contributed by atoms with van der Waals surface area (Å²) in [5.74, 6) is 0.393. The number of nitrogens with one attached hydrogen (secondary N) is 1. The lowest BCUT2D eigenvalue weighted by molar-refractivity contribution is 0.102. The molecular weight excluding hydrogens is 415 g/mol. The van der Waals surface area contributed by atoms with Crippen LogP contribution in [0.2, 0.25) is 10.0 Å². The third-order valence-corrected chi connectivity index (χ3v) is 5.45. The molecule has 0 aliphatic rings. The van der Waals surface area contributed by atoms with Crippen LogP contribution in [-0.4, -0.2) is 13.0 Å². The first-order valence-electron chi connectivity index (χ1n) is 8.12. The van der Waals surface area contributed by atoms with Gasteiger partial charge in [0.15, 0.2) is 0 Å². The summed E-state index contributed by atoms with van der Waals surface area (Å²) in [5.41, 5.74) is 1.27. The summed E-state index contributed by atoms with van der Waals surface area (Å²) in [6.07, 6.45) is 0. The van der Waals surface area contributed by atoms with Crippen LogP contribution in [-0.2, 0) is 0 Å². The van der Waals surface area contributed by atoms with Crippen molar-refractivity contribution < 1.29 is 9.53 Å². The molecule has 7 heteroatoms. The molecule has 3 aromatic carbocycles. The van der Waals surface area contributed by atoms with Gasteiger partial charge in [0.25, 0.3) is 5.91 Å². The highest BCUT2D eigenvalue weighted by molar-refractivity contribution is 7.99. The number of carbonyl (C=O) groups is 1. The van der Waals surface area contributed by atoms with Gasteiger partial charge >= 0.3 is 0 Å². The van der Waals surface area contributed by atoms with E-state index in [-0.39, 0.29) is 10.9 Å². The van der Waals surface area contributed by atoms with Crippen LogP contribution in [0.4, 0.5) is 5.69 Å². The molecule has 0 spiro atoms. The van der Waals surface area contributed by atoms with Gasteiger partial charge in [0.1, 0.15) is 11.8 Å². The number of nitrogens with zero attached hydrogens (tertiary/aromatic N) is 1. The standard InChI is InChI=1S/C21H14Cl2N2O2S/c1-27-16-4-6-17(7-5-16)28-20-9-3-15(10-13(20)12-24)25-21(26)18-8-2-14(22)11-19(18)23/h2-11H,1H3,(H,25,26). The molecule has 0 bridgehead atoms. The minimum absolute atomic E-state index is 0.261. The van der Waals surface area contributed by atoms with Crippen molar-refractivity contribution in [2.24, 2.45) is 0 Å². The minimum atomic E-state index is -0.374. The zero-order valence-electron chi connectivity index (χ0n) is 14.7. The van der Waals surface area contributed by atoms with Gasteiger partial charge in [0.05, 0.1) is 23.3 Å². The number of anilines is 1. The van der Waals surface area contributed by atoms with Gasteiger partial charge in [0, 0.05) is 20.5 Å². The van der Waals surface area contributed by atoms with Gasteiger partial charge in [0.2, 0.25) is 0 Å². The number of methoxy groups -OCH3 is 1. The first kappa shape index (κ1) is 20.1. The highest BCUT2D eigenvalue weighted by Gasteiger charge is 2.13. The van der Waals surface area contributed by atoms with Crippen molar-refractivity contribution in [2.45, 2.75) is 9.79 Å². The van der Waals surface area contributed by atoms with E-state index in [1.54, 1.807) is 37.4 Å². The third-order valence-electron chi connectivity index (χ3n) is 3.82. The van der Waals surface area contributed by atoms with Gasteiger partial charge < -0.3 is 10.1 Å². The number of hydrogen-bond acceptors (Lipinski definition) is 4. The predicted octanol–water partition coefficient (Wildman–Crippen LogP) is 6.28. The molecular formula is C21H14Cl2N2O2S. The topological polar surface area (TPSA) is 62.1 Å². The number of benzene rings is 3. The zero-order valence-corrected chi connectivity index (χ0v) is 17.0. The zero-order chi connectivity index (χ0) is 20.1. The Labute approximate surface area is 177 Å². The van der Waals surface area contributed by atoms with Gasteiger partial charge in [-0.25, -0.2) is 0 Å². The second kappa shape index (κ2) is 9.03. The number of halogens is 2. The highest BCUT2D eigenvalue weighted by atomic mass is 35.5. The molecule has 0 radical (unpaired) electrons. The lowest BCUT2D eigenvalue weighted by atomic mass is 10.2. The van der Waals surface area contributed by atoms with Crippen LogP contribution in [0.5, 0.6) is 5.75 Å². The van der Waals surface area contributed by atoms with Gasteiger partial charge in [-0.2, -0.15) is 5.26 Å². The molecule has 28 heavy (non-hydrogen) atoms. The maximum Gasteiger partial charge on any atom is 0.257 e. The molecule has 140 valence electrons. The lowest BCUT2D eigenvalue weighted by Crippen LogP contribution is -2.12. The summed E-state index contributed by atoms with van der Waals surface area (Å²) in [5, 5.41) is 13.0. The summed E-state index contributed by atoms with van der Waals surface area (Å²) in [6, 6.07) is 19.6. The molecule has 3 aromatic rings. The second-order valence-electron chi connectivity index (χ2n) is 5.68.